The minimum atomic E-state index is -0.331. The van der Waals surface area contributed by atoms with Crippen LogP contribution in [0.2, 0.25) is 10.0 Å². The van der Waals surface area contributed by atoms with E-state index in [9.17, 15) is 9.59 Å². The summed E-state index contributed by atoms with van der Waals surface area (Å²) in [5.41, 5.74) is 0.458. The number of amides is 2. The molecule has 0 bridgehead atoms. The van der Waals surface area contributed by atoms with Gasteiger partial charge in [0.05, 0.1) is 18.2 Å². The van der Waals surface area contributed by atoms with Crippen molar-refractivity contribution in [3.05, 3.63) is 28.2 Å². The van der Waals surface area contributed by atoms with Crippen LogP contribution in [0, 0.1) is 0 Å². The first-order valence-corrected chi connectivity index (χ1v) is 7.39. The number of carbonyl (C=O) groups is 2. The van der Waals surface area contributed by atoms with Crippen LogP contribution in [-0.2, 0) is 9.59 Å². The molecule has 1 aromatic carbocycles. The lowest BCUT2D eigenvalue weighted by Crippen LogP contribution is -2.40. The van der Waals surface area contributed by atoms with E-state index in [2.05, 4.69) is 4.90 Å². The minimum absolute atomic E-state index is 0.171. The molecule has 1 aromatic rings. The quantitative estimate of drug-likeness (QED) is 0.788. The smallest absolute Gasteiger partial charge is 0.251 e. The van der Waals surface area contributed by atoms with Crippen molar-refractivity contribution in [3.8, 4) is 0 Å². The van der Waals surface area contributed by atoms with Gasteiger partial charge < -0.3 is 0 Å². The summed E-state index contributed by atoms with van der Waals surface area (Å²) in [7, 11) is 0. The van der Waals surface area contributed by atoms with Gasteiger partial charge in [0.25, 0.3) is 5.91 Å². The van der Waals surface area contributed by atoms with Gasteiger partial charge in [-0.25, -0.2) is 4.90 Å². The molecule has 2 fully saturated rings. The second-order valence-corrected chi connectivity index (χ2v) is 6.03. The van der Waals surface area contributed by atoms with Crippen LogP contribution >= 0.6 is 23.2 Å². The second kappa shape index (κ2) is 5.35. The van der Waals surface area contributed by atoms with E-state index < -0.39 is 0 Å². The average molecular weight is 313 g/mol. The Hall–Kier alpha value is -1.10. The highest BCUT2D eigenvalue weighted by molar-refractivity contribution is 6.35. The van der Waals surface area contributed by atoms with E-state index in [4.69, 9.17) is 23.2 Å². The molecule has 3 rings (SSSR count). The van der Waals surface area contributed by atoms with Crippen LogP contribution in [-0.4, -0.2) is 35.8 Å². The topological polar surface area (TPSA) is 40.6 Å². The Morgan fingerprint density at radius 2 is 1.60 bits per heavy atom. The monoisotopic (exact) mass is 312 g/mol. The molecule has 2 amide bonds. The number of rotatable bonds is 2. The van der Waals surface area contributed by atoms with Crippen molar-refractivity contribution >= 4 is 40.7 Å². The maximum atomic E-state index is 12.5. The molecule has 0 aliphatic carbocycles. The summed E-state index contributed by atoms with van der Waals surface area (Å²) in [4.78, 5) is 28.0. The Kier molecular flexibility index (Phi) is 3.71. The summed E-state index contributed by atoms with van der Waals surface area (Å²) >= 11 is 11.9. The van der Waals surface area contributed by atoms with E-state index in [0.717, 1.165) is 25.9 Å². The van der Waals surface area contributed by atoms with Gasteiger partial charge in [-0.05, 0) is 44.1 Å². The Labute approximate surface area is 127 Å². The van der Waals surface area contributed by atoms with Crippen molar-refractivity contribution < 1.29 is 9.59 Å². The standard InChI is InChI=1S/C14H14Cl2N2O2/c15-9-5-10(16)7-11(6-9)18-13(19)8-12(14(18)20)17-3-1-2-4-17/h5-7,12H,1-4,8H2. The lowest BCUT2D eigenvalue weighted by atomic mass is 10.2. The van der Waals surface area contributed by atoms with Gasteiger partial charge >= 0.3 is 0 Å². The van der Waals surface area contributed by atoms with Gasteiger partial charge in [-0.15, -0.1) is 0 Å². The first-order chi connectivity index (χ1) is 9.56. The summed E-state index contributed by atoms with van der Waals surface area (Å²) < 4.78 is 0. The second-order valence-electron chi connectivity index (χ2n) is 5.16. The number of nitrogens with zero attached hydrogens (tertiary/aromatic N) is 2. The Balaban J connectivity index is 1.89. The molecule has 0 radical (unpaired) electrons. The van der Waals surface area contributed by atoms with E-state index in [1.165, 1.54) is 4.90 Å². The molecule has 4 nitrogen and oxygen atoms in total. The molecule has 20 heavy (non-hydrogen) atoms. The summed E-state index contributed by atoms with van der Waals surface area (Å²) in [6.45, 7) is 1.77. The highest BCUT2D eigenvalue weighted by atomic mass is 35.5. The normalized spacial score (nSPS) is 23.9. The maximum Gasteiger partial charge on any atom is 0.251 e. The number of benzene rings is 1. The number of halogens is 2. The van der Waals surface area contributed by atoms with E-state index in [1.54, 1.807) is 18.2 Å². The lowest BCUT2D eigenvalue weighted by Gasteiger charge is -2.21. The molecule has 0 N–H and O–H groups in total. The predicted octanol–water partition coefficient (Wildman–Crippen LogP) is 2.72. The Morgan fingerprint density at radius 3 is 2.20 bits per heavy atom. The van der Waals surface area contributed by atoms with Crippen LogP contribution < -0.4 is 4.90 Å². The molecule has 0 saturated carbocycles. The Bertz CT molecular complexity index is 550. The summed E-state index contributed by atoms with van der Waals surface area (Å²) in [6, 6.07) is 4.43. The number of imide groups is 1. The molecule has 1 unspecified atom stereocenters. The highest BCUT2D eigenvalue weighted by Gasteiger charge is 2.43. The summed E-state index contributed by atoms with van der Waals surface area (Å²) in [5, 5.41) is 0.829. The molecule has 6 heteroatoms. The van der Waals surface area contributed by atoms with Crippen LogP contribution in [0.5, 0.6) is 0 Å². The van der Waals surface area contributed by atoms with Crippen LogP contribution in [0.4, 0.5) is 5.69 Å². The predicted molar refractivity (Wildman–Crippen MR) is 78.2 cm³/mol. The van der Waals surface area contributed by atoms with Gasteiger partial charge in [-0.2, -0.15) is 0 Å². The van der Waals surface area contributed by atoms with Crippen molar-refractivity contribution in [2.24, 2.45) is 0 Å². The van der Waals surface area contributed by atoms with Gasteiger partial charge in [-0.1, -0.05) is 23.2 Å². The number of likely N-dealkylation sites (tertiary alicyclic amines) is 1. The van der Waals surface area contributed by atoms with E-state index in [-0.39, 0.29) is 24.3 Å². The van der Waals surface area contributed by atoms with Gasteiger partial charge in [0, 0.05) is 10.0 Å². The number of anilines is 1. The summed E-state index contributed by atoms with van der Waals surface area (Å²) in [6.07, 6.45) is 2.41. The minimum Gasteiger partial charge on any atom is -0.292 e. The van der Waals surface area contributed by atoms with Crippen molar-refractivity contribution in [2.75, 3.05) is 18.0 Å². The molecule has 106 valence electrons. The molecule has 0 spiro atoms. The third-order valence-electron chi connectivity index (χ3n) is 3.81. The van der Waals surface area contributed by atoms with E-state index >= 15 is 0 Å². The molecular formula is C14H14Cl2N2O2. The van der Waals surface area contributed by atoms with E-state index in [1.807, 2.05) is 0 Å². The molecule has 2 aliphatic heterocycles. The molecule has 1 atom stereocenters. The van der Waals surface area contributed by atoms with Gasteiger partial charge in [0.2, 0.25) is 5.91 Å². The van der Waals surface area contributed by atoms with Crippen molar-refractivity contribution in [1.82, 2.24) is 4.90 Å². The van der Waals surface area contributed by atoms with E-state index in [0.29, 0.717) is 15.7 Å². The third-order valence-corrected chi connectivity index (χ3v) is 4.25. The highest BCUT2D eigenvalue weighted by Crippen LogP contribution is 2.31. The fourth-order valence-corrected chi connectivity index (χ4v) is 3.41. The summed E-state index contributed by atoms with van der Waals surface area (Å²) in [5.74, 6) is -0.361. The SMILES string of the molecule is O=C1CC(N2CCCC2)C(=O)N1c1cc(Cl)cc(Cl)c1. The van der Waals surface area contributed by atoms with Crippen LogP contribution in [0.25, 0.3) is 0 Å². The largest absolute Gasteiger partial charge is 0.292 e. The van der Waals surface area contributed by atoms with Gasteiger partial charge in [0.15, 0.2) is 0 Å². The first-order valence-electron chi connectivity index (χ1n) is 6.63. The van der Waals surface area contributed by atoms with Crippen LogP contribution in [0.3, 0.4) is 0 Å². The average Bonchev–Trinajstić information content (AvgIpc) is 2.96. The zero-order valence-electron chi connectivity index (χ0n) is 10.8. The van der Waals surface area contributed by atoms with Crippen molar-refractivity contribution in [2.45, 2.75) is 25.3 Å². The third kappa shape index (κ3) is 2.43. The maximum absolute atomic E-state index is 12.5. The Morgan fingerprint density at radius 1 is 1.00 bits per heavy atom. The van der Waals surface area contributed by atoms with Crippen LogP contribution in [0.1, 0.15) is 19.3 Å². The zero-order chi connectivity index (χ0) is 14.3. The lowest BCUT2D eigenvalue weighted by molar-refractivity contribution is -0.122. The zero-order valence-corrected chi connectivity index (χ0v) is 12.3. The molecule has 2 heterocycles. The fourth-order valence-electron chi connectivity index (χ4n) is 2.89. The first kappa shape index (κ1) is 13.9. The molecule has 2 saturated heterocycles. The van der Waals surface area contributed by atoms with Gasteiger partial charge in [-0.3, -0.25) is 14.5 Å². The number of carbonyl (C=O) groups excluding carboxylic acids is 2. The number of hydrogen-bond donors (Lipinski definition) is 0. The van der Waals surface area contributed by atoms with Crippen molar-refractivity contribution in [3.63, 3.8) is 0 Å². The number of hydrogen-bond acceptors (Lipinski definition) is 3. The molecular weight excluding hydrogens is 299 g/mol. The van der Waals surface area contributed by atoms with Crippen molar-refractivity contribution in [1.29, 1.82) is 0 Å². The molecule has 2 aliphatic rings. The van der Waals surface area contributed by atoms with Crippen LogP contribution in [0.15, 0.2) is 18.2 Å². The van der Waals surface area contributed by atoms with Gasteiger partial charge in [0.1, 0.15) is 0 Å². The molecule has 0 aromatic heterocycles. The fraction of sp³-hybridized carbons (Fsp3) is 0.429.